The number of hydrogen-bond donors (Lipinski definition) is 1. The Kier molecular flexibility index (Phi) is 5.52. The van der Waals surface area contributed by atoms with Gasteiger partial charge in [0.2, 0.25) is 5.91 Å². The van der Waals surface area contributed by atoms with Crippen LogP contribution in [0.5, 0.6) is 5.75 Å². The van der Waals surface area contributed by atoms with Gasteiger partial charge in [-0.25, -0.2) is 0 Å². The van der Waals surface area contributed by atoms with Gasteiger partial charge >= 0.3 is 0 Å². The van der Waals surface area contributed by atoms with Crippen molar-refractivity contribution in [2.24, 2.45) is 0 Å². The van der Waals surface area contributed by atoms with Crippen molar-refractivity contribution in [3.05, 3.63) is 48.5 Å². The lowest BCUT2D eigenvalue weighted by molar-refractivity contribution is -0.124. The SMILES string of the molecule is CC(=O)CC(=O)Nc1cc(-c2ccccc2)ccc1OC(C)C. The molecule has 0 aliphatic carbocycles. The van der Waals surface area contributed by atoms with E-state index >= 15 is 0 Å². The molecule has 0 atom stereocenters. The zero-order valence-corrected chi connectivity index (χ0v) is 13.6. The molecule has 0 aromatic heterocycles. The van der Waals surface area contributed by atoms with Crippen molar-refractivity contribution in [2.45, 2.75) is 33.3 Å². The number of Topliss-reactive ketones (excluding diaryl/α,β-unsaturated/α-hetero) is 1. The monoisotopic (exact) mass is 311 g/mol. The Morgan fingerprint density at radius 1 is 1.04 bits per heavy atom. The van der Waals surface area contributed by atoms with Crippen molar-refractivity contribution >= 4 is 17.4 Å². The summed E-state index contributed by atoms with van der Waals surface area (Å²) in [6.07, 6.45) is -0.155. The number of benzene rings is 2. The topological polar surface area (TPSA) is 55.4 Å². The van der Waals surface area contributed by atoms with Gasteiger partial charge in [0.1, 0.15) is 11.5 Å². The van der Waals surface area contributed by atoms with Gasteiger partial charge in [-0.1, -0.05) is 36.4 Å². The molecular formula is C19H21NO3. The molecule has 0 aliphatic heterocycles. The fourth-order valence-electron chi connectivity index (χ4n) is 2.22. The second-order valence-corrected chi connectivity index (χ2v) is 5.67. The second kappa shape index (κ2) is 7.58. The molecule has 0 fully saturated rings. The molecule has 0 unspecified atom stereocenters. The van der Waals surface area contributed by atoms with Gasteiger partial charge in [-0.3, -0.25) is 9.59 Å². The first-order valence-electron chi connectivity index (χ1n) is 7.61. The first kappa shape index (κ1) is 16.7. The van der Waals surface area contributed by atoms with Crippen molar-refractivity contribution in [1.29, 1.82) is 0 Å². The number of anilines is 1. The summed E-state index contributed by atoms with van der Waals surface area (Å²) >= 11 is 0. The average Bonchev–Trinajstić information content (AvgIpc) is 2.48. The summed E-state index contributed by atoms with van der Waals surface area (Å²) in [5, 5.41) is 2.77. The molecule has 0 saturated carbocycles. The van der Waals surface area contributed by atoms with Crippen LogP contribution in [0.1, 0.15) is 27.2 Å². The number of rotatable bonds is 6. The fourth-order valence-corrected chi connectivity index (χ4v) is 2.22. The summed E-state index contributed by atoms with van der Waals surface area (Å²) in [4.78, 5) is 23.0. The van der Waals surface area contributed by atoms with Crippen LogP contribution in [0.3, 0.4) is 0 Å². The highest BCUT2D eigenvalue weighted by Crippen LogP contribution is 2.31. The molecule has 23 heavy (non-hydrogen) atoms. The standard InChI is InChI=1S/C19H21NO3/c1-13(2)23-18-10-9-16(15-7-5-4-6-8-15)12-17(18)20-19(22)11-14(3)21/h4-10,12-13H,11H2,1-3H3,(H,20,22). The van der Waals surface area contributed by atoms with E-state index in [0.717, 1.165) is 11.1 Å². The molecule has 0 radical (unpaired) electrons. The Bertz CT molecular complexity index is 693. The van der Waals surface area contributed by atoms with Crippen LogP contribution in [0.4, 0.5) is 5.69 Å². The lowest BCUT2D eigenvalue weighted by Crippen LogP contribution is -2.16. The highest BCUT2D eigenvalue weighted by Gasteiger charge is 2.12. The van der Waals surface area contributed by atoms with Gasteiger partial charge in [0.05, 0.1) is 18.2 Å². The van der Waals surface area contributed by atoms with Crippen molar-refractivity contribution in [3.63, 3.8) is 0 Å². The Morgan fingerprint density at radius 2 is 1.74 bits per heavy atom. The van der Waals surface area contributed by atoms with Gasteiger partial charge in [0, 0.05) is 0 Å². The molecule has 2 aromatic rings. The molecule has 0 spiro atoms. The van der Waals surface area contributed by atoms with Gasteiger partial charge in [-0.05, 0) is 44.0 Å². The highest BCUT2D eigenvalue weighted by atomic mass is 16.5. The van der Waals surface area contributed by atoms with Gasteiger partial charge in [0.15, 0.2) is 0 Å². The molecule has 4 heteroatoms. The second-order valence-electron chi connectivity index (χ2n) is 5.67. The predicted octanol–water partition coefficient (Wildman–Crippen LogP) is 4.06. The van der Waals surface area contributed by atoms with Crippen LogP contribution in [0.2, 0.25) is 0 Å². The van der Waals surface area contributed by atoms with E-state index in [4.69, 9.17) is 4.74 Å². The number of carbonyl (C=O) groups is 2. The van der Waals surface area contributed by atoms with Gasteiger partial charge in [0.25, 0.3) is 0 Å². The molecule has 0 bridgehead atoms. The number of amides is 1. The van der Waals surface area contributed by atoms with E-state index in [1.807, 2.05) is 62.4 Å². The number of ketones is 1. The quantitative estimate of drug-likeness (QED) is 0.819. The molecule has 1 N–H and O–H groups in total. The third-order valence-electron chi connectivity index (χ3n) is 3.13. The maximum absolute atomic E-state index is 11.9. The van der Waals surface area contributed by atoms with Gasteiger partial charge in [-0.15, -0.1) is 0 Å². The van der Waals surface area contributed by atoms with E-state index in [1.54, 1.807) is 0 Å². The summed E-state index contributed by atoms with van der Waals surface area (Å²) < 4.78 is 5.74. The fraction of sp³-hybridized carbons (Fsp3) is 0.263. The van der Waals surface area contributed by atoms with Crippen LogP contribution in [0.15, 0.2) is 48.5 Å². The zero-order chi connectivity index (χ0) is 16.8. The summed E-state index contributed by atoms with van der Waals surface area (Å²) in [6, 6.07) is 15.5. The first-order chi connectivity index (χ1) is 11.0. The van der Waals surface area contributed by atoms with Crippen LogP contribution in [-0.4, -0.2) is 17.8 Å². The molecule has 0 aliphatic rings. The van der Waals surface area contributed by atoms with Crippen molar-refractivity contribution in [3.8, 4) is 16.9 Å². The van der Waals surface area contributed by atoms with Crippen LogP contribution < -0.4 is 10.1 Å². The molecule has 2 aromatic carbocycles. The molecule has 1 amide bonds. The molecule has 4 nitrogen and oxygen atoms in total. The van der Waals surface area contributed by atoms with Gasteiger partial charge < -0.3 is 10.1 Å². The summed E-state index contributed by atoms with van der Waals surface area (Å²) in [5.41, 5.74) is 2.59. The minimum absolute atomic E-state index is 0.0129. The molecule has 0 saturated heterocycles. The maximum Gasteiger partial charge on any atom is 0.231 e. The zero-order valence-electron chi connectivity index (χ0n) is 13.6. The third-order valence-corrected chi connectivity index (χ3v) is 3.13. The van der Waals surface area contributed by atoms with E-state index in [0.29, 0.717) is 11.4 Å². The average molecular weight is 311 g/mol. The Labute approximate surface area is 136 Å². The lowest BCUT2D eigenvalue weighted by Gasteiger charge is -2.16. The van der Waals surface area contributed by atoms with Crippen LogP contribution >= 0.6 is 0 Å². The van der Waals surface area contributed by atoms with Crippen LogP contribution in [-0.2, 0) is 9.59 Å². The van der Waals surface area contributed by atoms with Crippen molar-refractivity contribution in [2.75, 3.05) is 5.32 Å². The van der Waals surface area contributed by atoms with E-state index in [1.165, 1.54) is 6.92 Å². The Balaban J connectivity index is 2.34. The number of carbonyl (C=O) groups excluding carboxylic acids is 2. The third kappa shape index (κ3) is 4.95. The normalized spacial score (nSPS) is 10.4. The van der Waals surface area contributed by atoms with Gasteiger partial charge in [-0.2, -0.15) is 0 Å². The number of nitrogens with one attached hydrogen (secondary N) is 1. The minimum atomic E-state index is -0.337. The Morgan fingerprint density at radius 3 is 2.35 bits per heavy atom. The van der Waals surface area contributed by atoms with E-state index < -0.39 is 0 Å². The number of hydrogen-bond acceptors (Lipinski definition) is 3. The highest BCUT2D eigenvalue weighted by molar-refractivity contribution is 6.04. The smallest absolute Gasteiger partial charge is 0.231 e. The minimum Gasteiger partial charge on any atom is -0.489 e. The first-order valence-corrected chi connectivity index (χ1v) is 7.61. The number of ether oxygens (including phenoxy) is 1. The molecular weight excluding hydrogens is 290 g/mol. The van der Waals surface area contributed by atoms with Crippen LogP contribution in [0, 0.1) is 0 Å². The van der Waals surface area contributed by atoms with E-state index in [9.17, 15) is 9.59 Å². The predicted molar refractivity (Wildman–Crippen MR) is 91.6 cm³/mol. The summed E-state index contributed by atoms with van der Waals surface area (Å²) in [7, 11) is 0. The molecule has 0 heterocycles. The maximum atomic E-state index is 11.9. The summed E-state index contributed by atoms with van der Waals surface area (Å²) in [6.45, 7) is 5.24. The largest absolute Gasteiger partial charge is 0.489 e. The van der Waals surface area contributed by atoms with Crippen molar-refractivity contribution in [1.82, 2.24) is 0 Å². The molecule has 120 valence electrons. The molecule has 2 rings (SSSR count). The van der Waals surface area contributed by atoms with Crippen LogP contribution in [0.25, 0.3) is 11.1 Å². The summed E-state index contributed by atoms with van der Waals surface area (Å²) in [5.74, 6) is 0.0842. The Hall–Kier alpha value is -2.62. The van der Waals surface area contributed by atoms with Crippen molar-refractivity contribution < 1.29 is 14.3 Å². The lowest BCUT2D eigenvalue weighted by atomic mass is 10.0. The van der Waals surface area contributed by atoms with E-state index in [-0.39, 0.29) is 24.2 Å². The van der Waals surface area contributed by atoms with E-state index in [2.05, 4.69) is 5.32 Å².